The minimum absolute atomic E-state index is 0.276. The van der Waals surface area contributed by atoms with Crippen molar-refractivity contribution in [3.8, 4) is 5.75 Å². The van der Waals surface area contributed by atoms with Crippen molar-refractivity contribution >= 4 is 12.0 Å². The molecule has 3 nitrogen and oxygen atoms in total. The zero-order valence-corrected chi connectivity index (χ0v) is 8.06. The van der Waals surface area contributed by atoms with Crippen molar-refractivity contribution in [1.82, 2.24) is 0 Å². The summed E-state index contributed by atoms with van der Waals surface area (Å²) < 4.78 is 30.2. The summed E-state index contributed by atoms with van der Waals surface area (Å²) in [6.45, 7) is 0. The normalized spacial score (nSPS) is 18.7. The van der Waals surface area contributed by atoms with E-state index in [0.717, 1.165) is 0 Å². The van der Waals surface area contributed by atoms with Gasteiger partial charge in [0.05, 0.1) is 5.57 Å². The maximum atomic E-state index is 12.6. The van der Waals surface area contributed by atoms with E-state index in [0.29, 0.717) is 5.56 Å². The average molecular weight is 226 g/mol. The van der Waals surface area contributed by atoms with Crippen molar-refractivity contribution in [2.75, 3.05) is 0 Å². The Balaban J connectivity index is 2.47. The van der Waals surface area contributed by atoms with Gasteiger partial charge in [-0.1, -0.05) is 18.2 Å². The highest BCUT2D eigenvalue weighted by atomic mass is 19.3. The van der Waals surface area contributed by atoms with Gasteiger partial charge in [-0.15, -0.1) is 0 Å². The third kappa shape index (κ3) is 1.76. The molecule has 1 heterocycles. The summed E-state index contributed by atoms with van der Waals surface area (Å²) in [6, 6.07) is 6.46. The van der Waals surface area contributed by atoms with E-state index < -0.39 is 24.1 Å². The van der Waals surface area contributed by atoms with Gasteiger partial charge in [0.2, 0.25) is 0 Å². The quantitative estimate of drug-likeness (QED) is 0.840. The Labute approximate surface area is 90.0 Å². The fourth-order valence-corrected chi connectivity index (χ4v) is 1.53. The molecule has 0 aromatic heterocycles. The Morgan fingerprint density at radius 2 is 2.06 bits per heavy atom. The first-order valence-corrected chi connectivity index (χ1v) is 4.58. The van der Waals surface area contributed by atoms with Crippen LogP contribution >= 0.6 is 0 Å². The van der Waals surface area contributed by atoms with Gasteiger partial charge in [-0.05, 0) is 12.1 Å². The molecule has 1 unspecified atom stereocenters. The van der Waals surface area contributed by atoms with Gasteiger partial charge in [-0.3, -0.25) is 0 Å². The molecule has 1 aliphatic heterocycles. The molecule has 1 atom stereocenters. The summed E-state index contributed by atoms with van der Waals surface area (Å²) in [6.07, 6.45) is -3.35. The maximum absolute atomic E-state index is 12.6. The van der Waals surface area contributed by atoms with E-state index in [1.807, 2.05) is 0 Å². The molecule has 0 bridgehead atoms. The fraction of sp³-hybridized carbons (Fsp3) is 0.182. The number of ether oxygens (including phenoxy) is 1. The number of aliphatic carboxylic acids is 1. The molecule has 16 heavy (non-hydrogen) atoms. The predicted molar refractivity (Wildman–Crippen MR) is 52.5 cm³/mol. The zero-order chi connectivity index (χ0) is 11.7. The second-order valence-electron chi connectivity index (χ2n) is 3.32. The van der Waals surface area contributed by atoms with Gasteiger partial charge in [0.15, 0.2) is 6.10 Å². The second kappa shape index (κ2) is 3.92. The van der Waals surface area contributed by atoms with Crippen LogP contribution in [0, 0.1) is 0 Å². The minimum atomic E-state index is -2.87. The van der Waals surface area contributed by atoms with Crippen LogP contribution in [0.2, 0.25) is 0 Å². The molecule has 5 heteroatoms. The zero-order valence-electron chi connectivity index (χ0n) is 8.06. The molecule has 1 aliphatic rings. The molecule has 0 spiro atoms. The van der Waals surface area contributed by atoms with Crippen molar-refractivity contribution < 1.29 is 23.4 Å². The van der Waals surface area contributed by atoms with Gasteiger partial charge in [0, 0.05) is 5.56 Å². The lowest BCUT2D eigenvalue weighted by molar-refractivity contribution is -0.134. The minimum Gasteiger partial charge on any atom is -0.479 e. The first-order valence-electron chi connectivity index (χ1n) is 4.58. The lowest BCUT2D eigenvalue weighted by Gasteiger charge is -2.24. The van der Waals surface area contributed by atoms with Crippen LogP contribution < -0.4 is 4.74 Å². The third-order valence-corrected chi connectivity index (χ3v) is 2.27. The van der Waals surface area contributed by atoms with Crippen LogP contribution in [0.25, 0.3) is 6.08 Å². The van der Waals surface area contributed by atoms with Crippen molar-refractivity contribution in [3.05, 3.63) is 35.4 Å². The molecule has 0 radical (unpaired) electrons. The number of fused-ring (bicyclic) bond motifs is 1. The monoisotopic (exact) mass is 226 g/mol. The number of hydrogen-bond acceptors (Lipinski definition) is 2. The number of alkyl halides is 2. The summed E-state index contributed by atoms with van der Waals surface area (Å²) >= 11 is 0. The van der Waals surface area contributed by atoms with E-state index in [4.69, 9.17) is 9.84 Å². The lowest BCUT2D eigenvalue weighted by Crippen LogP contribution is -2.33. The van der Waals surface area contributed by atoms with Crippen molar-refractivity contribution in [3.63, 3.8) is 0 Å². The van der Waals surface area contributed by atoms with Crippen molar-refractivity contribution in [1.29, 1.82) is 0 Å². The maximum Gasteiger partial charge on any atom is 0.335 e. The number of rotatable bonds is 2. The molecule has 1 N–H and O–H groups in total. The summed E-state index contributed by atoms with van der Waals surface area (Å²) in [7, 11) is 0. The Bertz CT molecular complexity index is 454. The number of halogens is 2. The molecule has 0 amide bonds. The molecule has 84 valence electrons. The van der Waals surface area contributed by atoms with Crippen LogP contribution in [0.5, 0.6) is 5.75 Å². The molecule has 1 aromatic rings. The third-order valence-electron chi connectivity index (χ3n) is 2.27. The SMILES string of the molecule is O=C(O)C1=Cc2ccccc2OC1C(F)F. The first kappa shape index (κ1) is 10.6. The number of carbonyl (C=O) groups is 1. The number of hydrogen-bond donors (Lipinski definition) is 1. The van der Waals surface area contributed by atoms with E-state index in [9.17, 15) is 13.6 Å². The van der Waals surface area contributed by atoms with E-state index >= 15 is 0 Å². The van der Waals surface area contributed by atoms with Crippen LogP contribution in [0.4, 0.5) is 8.78 Å². The van der Waals surface area contributed by atoms with Gasteiger partial charge >= 0.3 is 5.97 Å². The van der Waals surface area contributed by atoms with E-state index in [1.54, 1.807) is 18.2 Å². The van der Waals surface area contributed by atoms with Crippen molar-refractivity contribution in [2.24, 2.45) is 0 Å². The standard InChI is InChI=1S/C11H8F2O3/c12-10(13)9-7(11(14)15)5-6-3-1-2-4-8(6)16-9/h1-5,9-10H,(H,14,15). The molecular formula is C11H8F2O3. The predicted octanol–water partition coefficient (Wildman–Crippen LogP) is 2.18. The fourth-order valence-electron chi connectivity index (χ4n) is 1.53. The van der Waals surface area contributed by atoms with Crippen LogP contribution in [0.3, 0.4) is 0 Å². The van der Waals surface area contributed by atoms with Gasteiger partial charge in [-0.2, -0.15) is 0 Å². The average Bonchev–Trinajstić information content (AvgIpc) is 2.27. The highest BCUT2D eigenvalue weighted by Gasteiger charge is 2.34. The Hall–Kier alpha value is -1.91. The van der Waals surface area contributed by atoms with Gasteiger partial charge in [-0.25, -0.2) is 13.6 Å². The van der Waals surface area contributed by atoms with E-state index in [-0.39, 0.29) is 5.75 Å². The number of para-hydroxylation sites is 1. The van der Waals surface area contributed by atoms with Crippen LogP contribution in [-0.4, -0.2) is 23.6 Å². The van der Waals surface area contributed by atoms with Crippen LogP contribution in [0.15, 0.2) is 29.8 Å². The van der Waals surface area contributed by atoms with Crippen LogP contribution in [0.1, 0.15) is 5.56 Å². The highest BCUT2D eigenvalue weighted by Crippen LogP contribution is 2.31. The molecule has 0 saturated heterocycles. The van der Waals surface area contributed by atoms with Crippen LogP contribution in [-0.2, 0) is 4.79 Å². The highest BCUT2D eigenvalue weighted by molar-refractivity contribution is 5.94. The summed E-state index contributed by atoms with van der Waals surface area (Å²) in [5, 5.41) is 8.80. The largest absolute Gasteiger partial charge is 0.479 e. The molecule has 0 aliphatic carbocycles. The Morgan fingerprint density at radius 3 is 2.69 bits per heavy atom. The van der Waals surface area contributed by atoms with E-state index in [2.05, 4.69) is 0 Å². The summed E-state index contributed by atoms with van der Waals surface area (Å²) in [5.74, 6) is -1.11. The molecular weight excluding hydrogens is 218 g/mol. The second-order valence-corrected chi connectivity index (χ2v) is 3.32. The summed E-state index contributed by atoms with van der Waals surface area (Å²) in [4.78, 5) is 10.8. The molecule has 2 rings (SSSR count). The van der Waals surface area contributed by atoms with Gasteiger partial charge in [0.25, 0.3) is 6.43 Å². The molecule has 1 aromatic carbocycles. The Kier molecular flexibility index (Phi) is 2.60. The molecule has 0 fully saturated rings. The van der Waals surface area contributed by atoms with Crippen molar-refractivity contribution in [2.45, 2.75) is 12.5 Å². The van der Waals surface area contributed by atoms with Gasteiger partial charge < -0.3 is 9.84 Å². The lowest BCUT2D eigenvalue weighted by atomic mass is 10.0. The smallest absolute Gasteiger partial charge is 0.335 e. The first-order chi connectivity index (χ1) is 7.59. The number of carboxylic acids is 1. The topological polar surface area (TPSA) is 46.5 Å². The van der Waals surface area contributed by atoms with Gasteiger partial charge in [0.1, 0.15) is 5.75 Å². The van der Waals surface area contributed by atoms with E-state index in [1.165, 1.54) is 12.1 Å². The summed E-state index contributed by atoms with van der Waals surface area (Å²) in [5.41, 5.74) is 0.0745. The molecule has 0 saturated carbocycles. The number of carboxylic acid groups (broad SMARTS) is 1. The number of benzene rings is 1. The Morgan fingerprint density at radius 1 is 1.38 bits per heavy atom.